The molecule has 0 fully saturated rings. The van der Waals surface area contributed by atoms with Crippen LogP contribution in [-0.4, -0.2) is 43.8 Å². The van der Waals surface area contributed by atoms with Crippen molar-refractivity contribution in [3.05, 3.63) is 96.6 Å². The van der Waals surface area contributed by atoms with E-state index < -0.39 is 24.0 Å². The molecule has 0 bridgehead atoms. The number of carbonyl (C=O) groups excluding carboxylic acids is 4. The highest BCUT2D eigenvalue weighted by molar-refractivity contribution is 5.93. The molecule has 0 unspecified atom stereocenters. The van der Waals surface area contributed by atoms with Gasteiger partial charge in [-0.2, -0.15) is 0 Å². The van der Waals surface area contributed by atoms with Gasteiger partial charge in [-0.05, 0) is 92.6 Å². The first-order chi connectivity index (χ1) is 19.4. The van der Waals surface area contributed by atoms with Gasteiger partial charge >= 0.3 is 24.0 Å². The maximum atomic E-state index is 12.5. The van der Waals surface area contributed by atoms with Crippen molar-refractivity contribution >= 4 is 29.7 Å². The molecule has 0 saturated carbocycles. The topological polar surface area (TPSA) is 126 Å². The Bertz CT molecular complexity index is 1300. The van der Waals surface area contributed by atoms with Gasteiger partial charge in [0.1, 0.15) is 17.2 Å². The van der Waals surface area contributed by atoms with Crippen molar-refractivity contribution in [2.45, 2.75) is 19.8 Å². The molecule has 3 rings (SSSR count). The van der Waals surface area contributed by atoms with Crippen LogP contribution in [0.1, 0.15) is 40.5 Å². The Morgan fingerprint density at radius 3 is 1.73 bits per heavy atom. The Morgan fingerprint density at radius 1 is 0.700 bits per heavy atom. The zero-order chi connectivity index (χ0) is 28.7. The summed E-state index contributed by atoms with van der Waals surface area (Å²) in [5, 5.41) is 2.54. The molecule has 3 aromatic rings. The molecule has 10 heteroatoms. The van der Waals surface area contributed by atoms with Gasteiger partial charge in [0, 0.05) is 11.8 Å². The summed E-state index contributed by atoms with van der Waals surface area (Å²) in [5.74, 6) is -0.470. The smallest absolute Gasteiger partial charge is 0.411 e. The number of carbonyl (C=O) groups is 4. The molecule has 0 atom stereocenters. The molecule has 1 amide bonds. The van der Waals surface area contributed by atoms with Crippen LogP contribution in [0.2, 0.25) is 0 Å². The van der Waals surface area contributed by atoms with Gasteiger partial charge in [-0.15, -0.1) is 0 Å². The second-order valence-corrected chi connectivity index (χ2v) is 8.12. The molecule has 0 saturated heterocycles. The number of benzene rings is 3. The average molecular weight is 548 g/mol. The van der Waals surface area contributed by atoms with E-state index in [-0.39, 0.29) is 23.7 Å². The molecule has 1 N–H and O–H groups in total. The molecule has 0 aliphatic carbocycles. The lowest BCUT2D eigenvalue weighted by Gasteiger charge is -2.09. The second-order valence-electron chi connectivity index (χ2n) is 8.12. The minimum Gasteiger partial charge on any atom is -0.494 e. The standard InChI is InChI=1S/C30H29NO9/c1-3-27(32)38-20-6-5-19-37-24-13-9-22(10-14-24)29(34)40-26-17-15-25(16-18-26)39-28(33)21-7-11-23(12-8-21)31-30(35)36-4-2/h3,7-18H,1,4-6,19-20H2,2H3,(H,31,35). The van der Waals surface area contributed by atoms with E-state index >= 15 is 0 Å². The fraction of sp³-hybridized carbons (Fsp3) is 0.200. The number of ether oxygens (including phenoxy) is 5. The Morgan fingerprint density at radius 2 is 1.20 bits per heavy atom. The summed E-state index contributed by atoms with van der Waals surface area (Å²) in [5.41, 5.74) is 1.09. The van der Waals surface area contributed by atoms with Crippen molar-refractivity contribution in [3.8, 4) is 17.2 Å². The van der Waals surface area contributed by atoms with E-state index in [2.05, 4.69) is 11.9 Å². The Labute approximate surface area is 231 Å². The molecule has 0 spiro atoms. The number of amides is 1. The van der Waals surface area contributed by atoms with Crippen LogP contribution in [0.25, 0.3) is 0 Å². The number of hydrogen-bond donors (Lipinski definition) is 1. The van der Waals surface area contributed by atoms with Crippen molar-refractivity contribution < 1.29 is 42.9 Å². The van der Waals surface area contributed by atoms with Gasteiger partial charge in [-0.25, -0.2) is 19.2 Å². The summed E-state index contributed by atoms with van der Waals surface area (Å²) in [6, 6.07) is 18.7. The fourth-order valence-electron chi connectivity index (χ4n) is 3.20. The Hall–Kier alpha value is -5.12. The zero-order valence-electron chi connectivity index (χ0n) is 21.9. The summed E-state index contributed by atoms with van der Waals surface area (Å²) < 4.78 is 26.1. The van der Waals surface area contributed by atoms with Crippen molar-refractivity contribution in [3.63, 3.8) is 0 Å². The molecule has 0 aromatic heterocycles. The van der Waals surface area contributed by atoms with Crippen LogP contribution in [0.15, 0.2) is 85.5 Å². The van der Waals surface area contributed by atoms with Gasteiger partial charge in [0.15, 0.2) is 0 Å². The van der Waals surface area contributed by atoms with Gasteiger partial charge in [0.25, 0.3) is 0 Å². The van der Waals surface area contributed by atoms with Gasteiger partial charge in [-0.1, -0.05) is 6.58 Å². The van der Waals surface area contributed by atoms with Crippen molar-refractivity contribution in [2.24, 2.45) is 0 Å². The van der Waals surface area contributed by atoms with Crippen LogP contribution in [0, 0.1) is 0 Å². The number of rotatable bonds is 13. The molecule has 0 aliphatic rings. The molecule has 0 radical (unpaired) electrons. The summed E-state index contributed by atoms with van der Waals surface area (Å²) in [6.07, 6.45) is 1.89. The van der Waals surface area contributed by atoms with E-state index in [1.54, 1.807) is 43.3 Å². The summed E-state index contributed by atoms with van der Waals surface area (Å²) in [4.78, 5) is 47.4. The van der Waals surface area contributed by atoms with E-state index in [4.69, 9.17) is 23.7 Å². The first-order valence-corrected chi connectivity index (χ1v) is 12.5. The first-order valence-electron chi connectivity index (χ1n) is 12.5. The summed E-state index contributed by atoms with van der Waals surface area (Å²) in [7, 11) is 0. The van der Waals surface area contributed by atoms with Crippen molar-refractivity contribution in [2.75, 3.05) is 25.1 Å². The average Bonchev–Trinajstić information content (AvgIpc) is 2.96. The van der Waals surface area contributed by atoms with E-state index in [0.29, 0.717) is 43.1 Å². The van der Waals surface area contributed by atoms with Gasteiger partial charge < -0.3 is 23.7 Å². The predicted molar refractivity (Wildman–Crippen MR) is 146 cm³/mol. The molecule has 208 valence electrons. The van der Waals surface area contributed by atoms with Gasteiger partial charge in [0.05, 0.1) is 30.9 Å². The molecular formula is C30H29NO9. The number of nitrogens with one attached hydrogen (secondary N) is 1. The zero-order valence-corrected chi connectivity index (χ0v) is 21.9. The highest BCUT2D eigenvalue weighted by Gasteiger charge is 2.12. The number of unbranched alkanes of at least 4 members (excludes halogenated alkanes) is 1. The lowest BCUT2D eigenvalue weighted by atomic mass is 10.2. The number of esters is 3. The van der Waals surface area contributed by atoms with E-state index in [9.17, 15) is 19.2 Å². The van der Waals surface area contributed by atoms with Crippen LogP contribution in [-0.2, 0) is 14.3 Å². The predicted octanol–water partition coefficient (Wildman–Crippen LogP) is 5.58. The van der Waals surface area contributed by atoms with Crippen LogP contribution < -0.4 is 19.5 Å². The quantitative estimate of drug-likeness (QED) is 0.126. The van der Waals surface area contributed by atoms with E-state index in [0.717, 1.165) is 6.08 Å². The van der Waals surface area contributed by atoms with Gasteiger partial charge in [0.2, 0.25) is 0 Å². The molecule has 10 nitrogen and oxygen atoms in total. The van der Waals surface area contributed by atoms with Gasteiger partial charge in [-0.3, -0.25) is 5.32 Å². The molecule has 40 heavy (non-hydrogen) atoms. The second kappa shape index (κ2) is 15.3. The van der Waals surface area contributed by atoms with Crippen molar-refractivity contribution in [1.82, 2.24) is 0 Å². The Kier molecular flexibility index (Phi) is 11.3. The number of anilines is 1. The van der Waals surface area contributed by atoms with E-state index in [1.807, 2.05) is 0 Å². The van der Waals surface area contributed by atoms with Crippen LogP contribution in [0.3, 0.4) is 0 Å². The Balaban J connectivity index is 1.43. The minimum atomic E-state index is -0.592. The van der Waals surface area contributed by atoms with Crippen LogP contribution >= 0.6 is 0 Å². The maximum Gasteiger partial charge on any atom is 0.411 e. The molecule has 0 aliphatic heterocycles. The molecule has 0 heterocycles. The van der Waals surface area contributed by atoms with Crippen LogP contribution in [0.5, 0.6) is 17.2 Å². The molecule has 3 aromatic carbocycles. The SMILES string of the molecule is C=CC(=O)OCCCCOc1ccc(C(=O)Oc2ccc(OC(=O)c3ccc(NC(=O)OCC)cc3)cc2)cc1. The molecular weight excluding hydrogens is 518 g/mol. The third-order valence-corrected chi connectivity index (χ3v) is 5.20. The summed E-state index contributed by atoms with van der Waals surface area (Å²) >= 11 is 0. The third kappa shape index (κ3) is 9.64. The highest BCUT2D eigenvalue weighted by atomic mass is 16.6. The highest BCUT2D eigenvalue weighted by Crippen LogP contribution is 2.21. The van der Waals surface area contributed by atoms with Crippen LogP contribution in [0.4, 0.5) is 10.5 Å². The fourth-order valence-corrected chi connectivity index (χ4v) is 3.20. The minimum absolute atomic E-state index is 0.248. The lowest BCUT2D eigenvalue weighted by molar-refractivity contribution is -0.137. The van der Waals surface area contributed by atoms with E-state index in [1.165, 1.54) is 36.4 Å². The lowest BCUT2D eigenvalue weighted by Crippen LogP contribution is -2.13. The first kappa shape index (κ1) is 29.4. The largest absolute Gasteiger partial charge is 0.494 e. The monoisotopic (exact) mass is 547 g/mol. The van der Waals surface area contributed by atoms with Crippen molar-refractivity contribution in [1.29, 1.82) is 0 Å². The summed E-state index contributed by atoms with van der Waals surface area (Å²) in [6.45, 7) is 6.01. The number of hydrogen-bond acceptors (Lipinski definition) is 9. The maximum absolute atomic E-state index is 12.5. The third-order valence-electron chi connectivity index (χ3n) is 5.20. The normalized spacial score (nSPS) is 10.1.